The zero-order valence-corrected chi connectivity index (χ0v) is 13.2. The van der Waals surface area contributed by atoms with Crippen molar-refractivity contribution in [3.8, 4) is 11.4 Å². The molecular formula is C16H8F4N4S. The van der Waals surface area contributed by atoms with Crippen molar-refractivity contribution in [1.29, 1.82) is 0 Å². The van der Waals surface area contributed by atoms with Crippen LogP contribution in [0.25, 0.3) is 16.3 Å². The highest BCUT2D eigenvalue weighted by atomic mass is 32.1. The van der Waals surface area contributed by atoms with Crippen molar-refractivity contribution in [3.63, 3.8) is 0 Å². The fourth-order valence-corrected chi connectivity index (χ4v) is 3.33. The molecule has 0 aliphatic carbocycles. The van der Waals surface area contributed by atoms with Gasteiger partial charge in [0.15, 0.2) is 17.5 Å². The second-order valence-corrected chi connectivity index (χ2v) is 6.31. The molecule has 4 aromatic rings. The molecule has 4 nitrogen and oxygen atoms in total. The molecule has 126 valence electrons. The summed E-state index contributed by atoms with van der Waals surface area (Å²) < 4.78 is 55.2. The minimum absolute atomic E-state index is 0.0555. The maximum atomic E-state index is 14.0. The van der Waals surface area contributed by atoms with Crippen LogP contribution in [0.2, 0.25) is 0 Å². The normalized spacial score (nSPS) is 11.4. The van der Waals surface area contributed by atoms with Crippen LogP contribution in [0.1, 0.15) is 10.6 Å². The van der Waals surface area contributed by atoms with Crippen molar-refractivity contribution in [2.24, 2.45) is 0 Å². The Bertz CT molecular complexity index is 1070. The van der Waals surface area contributed by atoms with E-state index in [0.717, 1.165) is 23.5 Å². The molecule has 0 saturated carbocycles. The summed E-state index contributed by atoms with van der Waals surface area (Å²) >= 11 is 1.15. The van der Waals surface area contributed by atoms with Crippen LogP contribution < -0.4 is 0 Å². The highest BCUT2D eigenvalue weighted by Crippen LogP contribution is 2.26. The maximum Gasteiger partial charge on any atom is 0.234 e. The van der Waals surface area contributed by atoms with Gasteiger partial charge in [0.05, 0.1) is 5.56 Å². The molecule has 0 aliphatic heterocycles. The van der Waals surface area contributed by atoms with Crippen molar-refractivity contribution in [1.82, 2.24) is 19.8 Å². The van der Waals surface area contributed by atoms with Crippen LogP contribution in [-0.2, 0) is 6.42 Å². The molecule has 2 aromatic carbocycles. The lowest BCUT2D eigenvalue weighted by Crippen LogP contribution is -1.97. The largest absolute Gasteiger partial charge is 0.234 e. The van der Waals surface area contributed by atoms with Gasteiger partial charge in [-0.15, -0.1) is 10.2 Å². The van der Waals surface area contributed by atoms with Crippen LogP contribution in [0, 0.1) is 23.3 Å². The number of benzene rings is 2. The topological polar surface area (TPSA) is 43.1 Å². The van der Waals surface area contributed by atoms with Crippen LogP contribution >= 0.6 is 11.3 Å². The molecule has 0 aliphatic rings. The first kappa shape index (κ1) is 15.7. The van der Waals surface area contributed by atoms with Gasteiger partial charge in [-0.1, -0.05) is 17.4 Å². The molecule has 0 fully saturated rings. The minimum Gasteiger partial charge on any atom is -0.207 e. The van der Waals surface area contributed by atoms with E-state index in [4.69, 9.17) is 0 Å². The van der Waals surface area contributed by atoms with Crippen LogP contribution in [0.15, 0.2) is 36.4 Å². The first-order chi connectivity index (χ1) is 12.0. The third kappa shape index (κ3) is 2.86. The Morgan fingerprint density at radius 3 is 2.48 bits per heavy atom. The fourth-order valence-electron chi connectivity index (χ4n) is 2.46. The lowest BCUT2D eigenvalue weighted by Gasteiger charge is -2.00. The predicted molar refractivity (Wildman–Crippen MR) is 83.2 cm³/mol. The Morgan fingerprint density at radius 1 is 0.960 bits per heavy atom. The molecule has 0 bridgehead atoms. The molecule has 25 heavy (non-hydrogen) atoms. The van der Waals surface area contributed by atoms with Gasteiger partial charge >= 0.3 is 0 Å². The quantitative estimate of drug-likeness (QED) is 0.516. The van der Waals surface area contributed by atoms with E-state index in [0.29, 0.717) is 15.5 Å². The number of fused-ring (bicyclic) bond motifs is 1. The molecule has 0 unspecified atom stereocenters. The lowest BCUT2D eigenvalue weighted by molar-refractivity contribution is 0.510. The summed E-state index contributed by atoms with van der Waals surface area (Å²) in [6.45, 7) is 0. The molecule has 4 rings (SSSR count). The second-order valence-electron chi connectivity index (χ2n) is 5.27. The van der Waals surface area contributed by atoms with Crippen LogP contribution in [0.5, 0.6) is 0 Å². The number of nitrogens with zero attached hydrogens (tertiary/aromatic N) is 4. The third-order valence-electron chi connectivity index (χ3n) is 3.50. The van der Waals surface area contributed by atoms with E-state index in [1.807, 2.05) is 0 Å². The summed E-state index contributed by atoms with van der Waals surface area (Å²) in [7, 11) is 0. The molecule has 0 spiro atoms. The van der Waals surface area contributed by atoms with E-state index in [9.17, 15) is 17.6 Å². The van der Waals surface area contributed by atoms with Crippen LogP contribution in [0.4, 0.5) is 17.6 Å². The predicted octanol–water partition coefficient (Wildman–Crippen LogP) is 4.00. The van der Waals surface area contributed by atoms with Crippen molar-refractivity contribution in [3.05, 3.63) is 70.2 Å². The van der Waals surface area contributed by atoms with Gasteiger partial charge in [-0.3, -0.25) is 0 Å². The van der Waals surface area contributed by atoms with Gasteiger partial charge in [0.2, 0.25) is 4.96 Å². The van der Waals surface area contributed by atoms with E-state index in [2.05, 4.69) is 15.3 Å². The number of hydrogen-bond donors (Lipinski definition) is 0. The second kappa shape index (κ2) is 5.92. The highest BCUT2D eigenvalue weighted by molar-refractivity contribution is 7.16. The third-order valence-corrected chi connectivity index (χ3v) is 4.40. The van der Waals surface area contributed by atoms with Crippen molar-refractivity contribution in [2.45, 2.75) is 6.42 Å². The molecular weight excluding hydrogens is 356 g/mol. The lowest BCUT2D eigenvalue weighted by atomic mass is 10.1. The van der Waals surface area contributed by atoms with E-state index in [-0.39, 0.29) is 17.8 Å². The summed E-state index contributed by atoms with van der Waals surface area (Å²) in [5.74, 6) is -3.35. The summed E-state index contributed by atoms with van der Waals surface area (Å²) in [6.07, 6.45) is 0.174. The smallest absolute Gasteiger partial charge is 0.207 e. The van der Waals surface area contributed by atoms with E-state index in [1.54, 1.807) is 0 Å². The monoisotopic (exact) mass is 364 g/mol. The Hall–Kier alpha value is -2.81. The van der Waals surface area contributed by atoms with Gasteiger partial charge in [0.25, 0.3) is 0 Å². The average Bonchev–Trinajstić information content (AvgIpc) is 3.09. The summed E-state index contributed by atoms with van der Waals surface area (Å²) in [4.78, 5) is 0.366. The van der Waals surface area contributed by atoms with Crippen molar-refractivity contribution in [2.75, 3.05) is 0 Å². The molecule has 0 amide bonds. The molecule has 9 heteroatoms. The van der Waals surface area contributed by atoms with E-state index < -0.39 is 23.3 Å². The van der Waals surface area contributed by atoms with Gasteiger partial charge in [0, 0.05) is 12.5 Å². The summed E-state index contributed by atoms with van der Waals surface area (Å²) in [5.41, 5.74) is 0.335. The Balaban J connectivity index is 1.74. The Kier molecular flexibility index (Phi) is 3.72. The average molecular weight is 364 g/mol. The minimum atomic E-state index is -1.04. The first-order valence-corrected chi connectivity index (χ1v) is 7.93. The Morgan fingerprint density at radius 2 is 1.72 bits per heavy atom. The van der Waals surface area contributed by atoms with Gasteiger partial charge in [0.1, 0.15) is 16.6 Å². The fraction of sp³-hybridized carbons (Fsp3) is 0.0625. The zero-order chi connectivity index (χ0) is 17.6. The molecule has 0 radical (unpaired) electrons. The Labute approximate surface area is 142 Å². The number of rotatable bonds is 3. The highest BCUT2D eigenvalue weighted by Gasteiger charge is 2.18. The standard InChI is InChI=1S/C16H8F4N4S/c17-9-4-8(5-10(18)7-9)6-13-23-24-15(21-22-16(24)25-13)11-2-1-3-12(19)14(11)20/h1-5,7H,6H2. The van der Waals surface area contributed by atoms with E-state index in [1.165, 1.54) is 28.8 Å². The van der Waals surface area contributed by atoms with Gasteiger partial charge in [-0.25, -0.2) is 17.6 Å². The first-order valence-electron chi connectivity index (χ1n) is 7.12. The van der Waals surface area contributed by atoms with Crippen molar-refractivity contribution < 1.29 is 17.6 Å². The van der Waals surface area contributed by atoms with Crippen LogP contribution in [0.3, 0.4) is 0 Å². The molecule has 0 N–H and O–H groups in total. The molecule has 2 aromatic heterocycles. The molecule has 2 heterocycles. The number of aromatic nitrogens is 4. The SMILES string of the molecule is Fc1cc(F)cc(Cc2nn3c(-c4cccc(F)c4F)nnc3s2)c1. The van der Waals surface area contributed by atoms with E-state index >= 15 is 0 Å². The number of halogens is 4. The van der Waals surface area contributed by atoms with Gasteiger partial charge < -0.3 is 0 Å². The number of hydrogen-bond acceptors (Lipinski definition) is 4. The summed E-state index contributed by atoms with van der Waals surface area (Å²) in [6, 6.07) is 6.93. The zero-order valence-electron chi connectivity index (χ0n) is 12.4. The summed E-state index contributed by atoms with van der Waals surface area (Å²) in [5, 5.41) is 12.5. The molecule has 0 saturated heterocycles. The van der Waals surface area contributed by atoms with Gasteiger partial charge in [-0.05, 0) is 29.8 Å². The van der Waals surface area contributed by atoms with Gasteiger partial charge in [-0.2, -0.15) is 9.61 Å². The molecule has 0 atom stereocenters. The maximum absolute atomic E-state index is 14.0. The van der Waals surface area contributed by atoms with Crippen molar-refractivity contribution >= 4 is 16.3 Å². The van der Waals surface area contributed by atoms with Crippen LogP contribution in [-0.4, -0.2) is 19.8 Å².